The van der Waals surface area contributed by atoms with E-state index in [0.717, 1.165) is 0 Å². The molecule has 2 aromatic heterocycles. The molecule has 0 bridgehead atoms. The van der Waals surface area contributed by atoms with Crippen molar-refractivity contribution in [3.63, 3.8) is 0 Å². The highest BCUT2D eigenvalue weighted by Gasteiger charge is 2.14. The number of hydrogen-bond donors (Lipinski definition) is 1. The molecule has 28 heavy (non-hydrogen) atoms. The minimum atomic E-state index is -2.94. The maximum Gasteiger partial charge on any atom is 0.387 e. The second-order valence-electron chi connectivity index (χ2n) is 5.65. The van der Waals surface area contributed by atoms with Gasteiger partial charge in [-0.2, -0.15) is 13.9 Å². The summed E-state index contributed by atoms with van der Waals surface area (Å²) in [5.74, 6) is -0.389. The smallest absolute Gasteiger partial charge is 0.387 e. The second kappa shape index (κ2) is 8.49. The summed E-state index contributed by atoms with van der Waals surface area (Å²) in [4.78, 5) is 16.4. The highest BCUT2D eigenvalue weighted by atomic mass is 35.5. The van der Waals surface area contributed by atoms with Crippen LogP contribution in [0.1, 0.15) is 11.3 Å². The summed E-state index contributed by atoms with van der Waals surface area (Å²) in [5.41, 5.74) is 2.18. The topological polar surface area (TPSA) is 69.0 Å². The zero-order valence-corrected chi connectivity index (χ0v) is 16.4. The fourth-order valence-electron chi connectivity index (χ4n) is 2.47. The molecule has 0 aliphatic carbocycles. The Hall–Kier alpha value is -2.78. The first-order valence-electron chi connectivity index (χ1n) is 8.03. The predicted octanol–water partition coefficient (Wildman–Crippen LogP) is 4.76. The maximum absolute atomic E-state index is 12.6. The van der Waals surface area contributed by atoms with Crippen molar-refractivity contribution < 1.29 is 18.3 Å². The van der Waals surface area contributed by atoms with Gasteiger partial charge in [-0.1, -0.05) is 23.7 Å². The summed E-state index contributed by atoms with van der Waals surface area (Å²) in [6.07, 6.45) is 2.89. The molecule has 0 fully saturated rings. The number of halogens is 3. The summed E-state index contributed by atoms with van der Waals surface area (Å²) < 4.78 is 31.1. The van der Waals surface area contributed by atoms with Gasteiger partial charge in [0.15, 0.2) is 5.13 Å². The fraction of sp³-hybridized carbons (Fsp3) is 0.167. The molecule has 0 atom stereocenters. The molecule has 6 nitrogen and oxygen atoms in total. The maximum atomic E-state index is 12.6. The number of rotatable bonds is 6. The normalized spacial score (nSPS) is 11.4. The monoisotopic (exact) mass is 424 g/mol. The summed E-state index contributed by atoms with van der Waals surface area (Å²) in [7, 11) is 1.71. The zero-order chi connectivity index (χ0) is 20.3. The molecule has 0 unspecified atom stereocenters. The molecular formula is C18H15ClF2N4O2S. The highest BCUT2D eigenvalue weighted by molar-refractivity contribution is 7.14. The van der Waals surface area contributed by atoms with Gasteiger partial charge in [-0.05, 0) is 25.1 Å². The van der Waals surface area contributed by atoms with E-state index in [2.05, 4.69) is 20.1 Å². The van der Waals surface area contributed by atoms with Crippen LogP contribution in [0.4, 0.5) is 13.9 Å². The lowest BCUT2D eigenvalue weighted by atomic mass is 10.1. The first-order chi connectivity index (χ1) is 13.3. The van der Waals surface area contributed by atoms with Crippen LogP contribution in [-0.4, -0.2) is 27.3 Å². The average Bonchev–Trinajstić information content (AvgIpc) is 3.18. The summed E-state index contributed by atoms with van der Waals surface area (Å²) in [5, 5.41) is 9.19. The van der Waals surface area contributed by atoms with Crippen LogP contribution < -0.4 is 10.1 Å². The number of aromatic nitrogens is 3. The van der Waals surface area contributed by atoms with Crippen LogP contribution in [0, 0.1) is 6.92 Å². The van der Waals surface area contributed by atoms with Crippen LogP contribution in [-0.2, 0) is 11.8 Å². The van der Waals surface area contributed by atoms with E-state index in [1.54, 1.807) is 43.6 Å². The first kappa shape index (κ1) is 20.0. The molecule has 1 aromatic carbocycles. The Morgan fingerprint density at radius 1 is 1.39 bits per heavy atom. The van der Waals surface area contributed by atoms with Crippen LogP contribution in [0.2, 0.25) is 5.15 Å². The molecule has 0 radical (unpaired) electrons. The quantitative estimate of drug-likeness (QED) is 0.579. The van der Waals surface area contributed by atoms with Crippen LogP contribution >= 0.6 is 22.9 Å². The van der Waals surface area contributed by atoms with Crippen molar-refractivity contribution in [1.29, 1.82) is 0 Å². The van der Waals surface area contributed by atoms with Gasteiger partial charge in [-0.15, -0.1) is 11.3 Å². The summed E-state index contributed by atoms with van der Waals surface area (Å²) >= 11 is 7.29. The zero-order valence-electron chi connectivity index (χ0n) is 14.8. The first-order valence-corrected chi connectivity index (χ1v) is 9.29. The fourth-order valence-corrected chi connectivity index (χ4v) is 3.42. The lowest BCUT2D eigenvalue weighted by Crippen LogP contribution is -2.07. The molecule has 0 aliphatic rings. The third kappa shape index (κ3) is 4.55. The van der Waals surface area contributed by atoms with Crippen molar-refractivity contribution in [2.45, 2.75) is 13.5 Å². The van der Waals surface area contributed by atoms with Crippen LogP contribution in [0.25, 0.3) is 17.3 Å². The van der Waals surface area contributed by atoms with E-state index in [9.17, 15) is 13.6 Å². The summed E-state index contributed by atoms with van der Waals surface area (Å²) in [6.45, 7) is -1.15. The highest BCUT2D eigenvalue weighted by Crippen LogP contribution is 2.33. The van der Waals surface area contributed by atoms with E-state index in [1.807, 2.05) is 0 Å². The molecule has 0 spiro atoms. The third-order valence-corrected chi connectivity index (χ3v) is 4.92. The summed E-state index contributed by atoms with van der Waals surface area (Å²) in [6, 6.07) is 6.33. The van der Waals surface area contributed by atoms with Crippen LogP contribution in [0.5, 0.6) is 5.75 Å². The van der Waals surface area contributed by atoms with Gasteiger partial charge in [0.25, 0.3) is 0 Å². The van der Waals surface area contributed by atoms with E-state index in [1.165, 1.54) is 28.2 Å². The van der Waals surface area contributed by atoms with Gasteiger partial charge in [-0.3, -0.25) is 14.8 Å². The Morgan fingerprint density at radius 3 is 2.82 bits per heavy atom. The Balaban J connectivity index is 1.73. The molecule has 1 amide bonds. The van der Waals surface area contributed by atoms with Gasteiger partial charge in [-0.25, -0.2) is 4.98 Å². The number of hydrogen-bond acceptors (Lipinski definition) is 5. The van der Waals surface area contributed by atoms with Gasteiger partial charge in [0, 0.05) is 29.6 Å². The van der Waals surface area contributed by atoms with E-state index < -0.39 is 12.5 Å². The number of alkyl halides is 2. The van der Waals surface area contributed by atoms with Crippen molar-refractivity contribution in [1.82, 2.24) is 14.8 Å². The number of para-hydroxylation sites is 1. The minimum absolute atomic E-state index is 0.0160. The lowest BCUT2D eigenvalue weighted by molar-refractivity contribution is -0.111. The Morgan fingerprint density at radius 2 is 2.14 bits per heavy atom. The standard InChI is InChI=1S/C18H15ClF2N4O2S/c1-10-11(16(19)25(2)24-10)7-8-15(26)23-18-22-13(9-28-18)12-5-3-4-6-14(12)27-17(20)21/h3-9,17H,1-2H3,(H,22,23,26)/b8-7+. The number of amides is 1. The number of anilines is 1. The predicted molar refractivity (Wildman–Crippen MR) is 105 cm³/mol. The molecule has 0 saturated heterocycles. The van der Waals surface area contributed by atoms with Crippen LogP contribution in [0.3, 0.4) is 0 Å². The third-order valence-electron chi connectivity index (χ3n) is 3.71. The van der Waals surface area contributed by atoms with Crippen LogP contribution in [0.15, 0.2) is 35.7 Å². The van der Waals surface area contributed by atoms with Gasteiger partial charge in [0.05, 0.1) is 11.4 Å². The average molecular weight is 425 g/mol. The van der Waals surface area contributed by atoms with Gasteiger partial charge in [0.1, 0.15) is 10.9 Å². The van der Waals surface area contributed by atoms with Crippen molar-refractivity contribution in [3.05, 3.63) is 52.1 Å². The Bertz CT molecular complexity index is 1030. The molecule has 10 heteroatoms. The van der Waals surface area contributed by atoms with Gasteiger partial charge >= 0.3 is 6.61 Å². The molecule has 0 aliphatic heterocycles. The van der Waals surface area contributed by atoms with E-state index >= 15 is 0 Å². The Kier molecular flexibility index (Phi) is 6.05. The molecule has 3 aromatic rings. The number of benzene rings is 1. The number of thiazole rings is 1. The second-order valence-corrected chi connectivity index (χ2v) is 6.86. The molecular weight excluding hydrogens is 410 g/mol. The largest absolute Gasteiger partial charge is 0.434 e. The van der Waals surface area contributed by atoms with Gasteiger partial charge in [0.2, 0.25) is 5.91 Å². The molecule has 3 rings (SSSR count). The molecule has 146 valence electrons. The SMILES string of the molecule is Cc1nn(C)c(Cl)c1/C=C/C(=O)Nc1nc(-c2ccccc2OC(F)F)cs1. The number of carbonyl (C=O) groups excluding carboxylic acids is 1. The van der Waals surface area contributed by atoms with Crippen molar-refractivity contribution in [3.8, 4) is 17.0 Å². The van der Waals surface area contributed by atoms with E-state index in [-0.39, 0.29) is 5.75 Å². The van der Waals surface area contributed by atoms with Crippen molar-refractivity contribution >= 4 is 40.1 Å². The van der Waals surface area contributed by atoms with E-state index in [4.69, 9.17) is 11.6 Å². The van der Waals surface area contributed by atoms with Crippen molar-refractivity contribution in [2.75, 3.05) is 5.32 Å². The number of nitrogens with zero attached hydrogens (tertiary/aromatic N) is 3. The molecule has 2 heterocycles. The number of aryl methyl sites for hydroxylation is 2. The number of carbonyl (C=O) groups is 1. The minimum Gasteiger partial charge on any atom is -0.434 e. The van der Waals surface area contributed by atoms with Crippen molar-refractivity contribution in [2.24, 2.45) is 7.05 Å². The number of ether oxygens (including phenoxy) is 1. The lowest BCUT2D eigenvalue weighted by Gasteiger charge is -2.08. The molecule has 1 N–H and O–H groups in total. The van der Waals surface area contributed by atoms with E-state index in [0.29, 0.717) is 32.8 Å². The molecule has 0 saturated carbocycles. The van der Waals surface area contributed by atoms with Gasteiger partial charge < -0.3 is 4.74 Å². The Labute approximate surface area is 168 Å². The number of nitrogens with one attached hydrogen (secondary N) is 1.